The molecule has 3 aromatic carbocycles. The minimum atomic E-state index is -0.0233. The van der Waals surface area contributed by atoms with Gasteiger partial charge in [0.1, 0.15) is 11.0 Å². The number of anilines is 1. The van der Waals surface area contributed by atoms with Gasteiger partial charge in [-0.05, 0) is 35.7 Å². The highest BCUT2D eigenvalue weighted by atomic mass is 35.5. The van der Waals surface area contributed by atoms with Gasteiger partial charge in [-0.1, -0.05) is 12.1 Å². The van der Waals surface area contributed by atoms with Crippen LogP contribution in [0.25, 0.3) is 33.0 Å². The highest BCUT2D eigenvalue weighted by Gasteiger charge is 2.08. The van der Waals surface area contributed by atoms with E-state index in [-0.39, 0.29) is 17.8 Å². The number of aromatic nitrogens is 1. The van der Waals surface area contributed by atoms with Crippen LogP contribution in [0.2, 0.25) is 0 Å². The van der Waals surface area contributed by atoms with Gasteiger partial charge in [0.05, 0.1) is 0 Å². The van der Waals surface area contributed by atoms with E-state index in [0.29, 0.717) is 5.58 Å². The summed E-state index contributed by atoms with van der Waals surface area (Å²) in [6, 6.07) is 14.7. The third-order valence-electron chi connectivity index (χ3n) is 3.84. The summed E-state index contributed by atoms with van der Waals surface area (Å²) >= 11 is 0. The highest BCUT2D eigenvalue weighted by Crippen LogP contribution is 2.27. The van der Waals surface area contributed by atoms with Crippen molar-refractivity contribution >= 4 is 51.1 Å². The van der Waals surface area contributed by atoms with E-state index in [9.17, 15) is 4.79 Å². The molecular formula is C18H15ClN2O2. The van der Waals surface area contributed by atoms with E-state index in [0.717, 1.165) is 33.1 Å². The summed E-state index contributed by atoms with van der Waals surface area (Å²) in [5.74, 6) is 0. The van der Waals surface area contributed by atoms with E-state index >= 15 is 0 Å². The Kier molecular flexibility index (Phi) is 3.70. The summed E-state index contributed by atoms with van der Waals surface area (Å²) in [7, 11) is 3.97. The van der Waals surface area contributed by atoms with Gasteiger partial charge in [0.2, 0.25) is 0 Å². The maximum atomic E-state index is 11.6. The molecule has 0 aliphatic heterocycles. The van der Waals surface area contributed by atoms with E-state index < -0.39 is 0 Å². The second-order valence-electron chi connectivity index (χ2n) is 5.56. The first-order valence-corrected chi connectivity index (χ1v) is 7.06. The van der Waals surface area contributed by atoms with Crippen molar-refractivity contribution in [3.8, 4) is 0 Å². The maximum absolute atomic E-state index is 11.6. The molecule has 0 unspecified atom stereocenters. The second kappa shape index (κ2) is 5.56. The lowest BCUT2D eigenvalue weighted by Crippen LogP contribution is -2.08. The fourth-order valence-electron chi connectivity index (χ4n) is 2.65. The van der Waals surface area contributed by atoms with Gasteiger partial charge in [0.25, 0.3) is 0 Å². The van der Waals surface area contributed by atoms with Gasteiger partial charge in [0.15, 0.2) is 16.6 Å². The minimum Gasteiger partial charge on any atom is -0.453 e. The molecule has 23 heavy (non-hydrogen) atoms. The number of hydrogen-bond acceptors (Lipinski definition) is 4. The fraction of sp³-hybridized carbons (Fsp3) is 0.111. The van der Waals surface area contributed by atoms with Gasteiger partial charge < -0.3 is 9.32 Å². The van der Waals surface area contributed by atoms with Gasteiger partial charge in [-0.25, -0.2) is 4.98 Å². The van der Waals surface area contributed by atoms with Crippen molar-refractivity contribution in [2.45, 2.75) is 0 Å². The summed E-state index contributed by atoms with van der Waals surface area (Å²) in [6.45, 7) is 0. The first-order valence-electron chi connectivity index (χ1n) is 7.06. The van der Waals surface area contributed by atoms with E-state index in [4.69, 9.17) is 9.40 Å². The number of hydrogen-bond donors (Lipinski definition) is 0. The molecule has 0 aliphatic carbocycles. The molecule has 4 nitrogen and oxygen atoms in total. The van der Waals surface area contributed by atoms with Gasteiger partial charge in [-0.2, -0.15) is 0 Å². The van der Waals surface area contributed by atoms with Crippen molar-refractivity contribution in [1.29, 1.82) is 0 Å². The molecule has 0 aliphatic rings. The maximum Gasteiger partial charge on any atom is 0.179 e. The number of halogens is 1. The summed E-state index contributed by atoms with van der Waals surface area (Å²) in [5, 5.41) is 1.81. The summed E-state index contributed by atoms with van der Waals surface area (Å²) in [4.78, 5) is 18.4. The lowest BCUT2D eigenvalue weighted by atomic mass is 10.1. The number of rotatable bonds is 1. The molecule has 0 radical (unpaired) electrons. The van der Waals surface area contributed by atoms with Crippen LogP contribution in [0.15, 0.2) is 57.7 Å². The van der Waals surface area contributed by atoms with E-state index in [1.807, 2.05) is 55.4 Å². The van der Waals surface area contributed by atoms with Crippen molar-refractivity contribution in [2.75, 3.05) is 19.0 Å². The highest BCUT2D eigenvalue weighted by molar-refractivity contribution is 6.04. The van der Waals surface area contributed by atoms with Crippen LogP contribution in [-0.2, 0) is 0 Å². The molecule has 0 saturated carbocycles. The Morgan fingerprint density at radius 2 is 1.74 bits per heavy atom. The Morgan fingerprint density at radius 1 is 0.957 bits per heavy atom. The molecular weight excluding hydrogens is 312 g/mol. The summed E-state index contributed by atoms with van der Waals surface area (Å²) in [6.07, 6.45) is 0. The van der Waals surface area contributed by atoms with Crippen LogP contribution in [0.1, 0.15) is 0 Å². The predicted molar refractivity (Wildman–Crippen MR) is 96.9 cm³/mol. The molecule has 0 spiro atoms. The van der Waals surface area contributed by atoms with Gasteiger partial charge >= 0.3 is 0 Å². The van der Waals surface area contributed by atoms with Crippen molar-refractivity contribution in [3.63, 3.8) is 0 Å². The largest absolute Gasteiger partial charge is 0.453 e. The van der Waals surface area contributed by atoms with Crippen molar-refractivity contribution in [2.24, 2.45) is 0 Å². The second-order valence-corrected chi connectivity index (χ2v) is 5.56. The van der Waals surface area contributed by atoms with Crippen LogP contribution in [0.5, 0.6) is 0 Å². The number of nitrogens with zero attached hydrogens (tertiary/aromatic N) is 2. The minimum absolute atomic E-state index is 0. The molecule has 0 saturated heterocycles. The molecule has 1 heterocycles. The SMILES string of the molecule is CN(C)c1ccc2nc3c(ccc4ccc(=O)cc43)oc2c1.Cl. The molecule has 4 rings (SSSR count). The first kappa shape index (κ1) is 15.3. The zero-order valence-electron chi connectivity index (χ0n) is 12.7. The van der Waals surface area contributed by atoms with Crippen LogP contribution in [0.4, 0.5) is 5.69 Å². The fourth-order valence-corrected chi connectivity index (χ4v) is 2.65. The third kappa shape index (κ3) is 2.51. The molecule has 4 aromatic rings. The molecule has 0 fully saturated rings. The molecule has 0 N–H and O–H groups in total. The lowest BCUT2D eigenvalue weighted by molar-refractivity contribution is 0.657. The van der Waals surface area contributed by atoms with Gasteiger partial charge in [-0.3, -0.25) is 4.79 Å². The third-order valence-corrected chi connectivity index (χ3v) is 3.84. The topological polar surface area (TPSA) is 46.3 Å². The Hall–Kier alpha value is -2.59. The first-order chi connectivity index (χ1) is 10.6. The number of benzene rings is 3. The standard InChI is InChI=1S/C18H14N2O2.ClH/c1-20(2)12-5-7-15-17(9-12)22-16-8-4-11-3-6-13(21)10-14(11)18(16)19-15;/h3-10H,1-2H3;1H. The van der Waals surface area contributed by atoms with Crippen LogP contribution in [-0.4, -0.2) is 19.1 Å². The van der Waals surface area contributed by atoms with Crippen LogP contribution in [0.3, 0.4) is 0 Å². The molecule has 5 heteroatoms. The van der Waals surface area contributed by atoms with E-state index in [1.54, 1.807) is 12.1 Å². The monoisotopic (exact) mass is 326 g/mol. The Bertz CT molecular complexity index is 1090. The van der Waals surface area contributed by atoms with E-state index in [2.05, 4.69) is 0 Å². The lowest BCUT2D eigenvalue weighted by Gasteiger charge is -2.12. The van der Waals surface area contributed by atoms with Gasteiger partial charge in [-0.15, -0.1) is 12.4 Å². The molecule has 0 bridgehead atoms. The smallest absolute Gasteiger partial charge is 0.179 e. The average Bonchev–Trinajstić information content (AvgIpc) is 2.52. The Morgan fingerprint density at radius 3 is 2.52 bits per heavy atom. The van der Waals surface area contributed by atoms with Crippen LogP contribution < -0.4 is 10.3 Å². The normalized spacial score (nSPS) is 10.9. The van der Waals surface area contributed by atoms with Gasteiger partial charge in [0, 0.05) is 31.2 Å². The number of fused-ring (bicyclic) bond motifs is 4. The van der Waals surface area contributed by atoms with Crippen LogP contribution >= 0.6 is 12.4 Å². The zero-order valence-corrected chi connectivity index (χ0v) is 13.6. The van der Waals surface area contributed by atoms with Crippen molar-refractivity contribution < 1.29 is 4.42 Å². The van der Waals surface area contributed by atoms with Crippen molar-refractivity contribution in [1.82, 2.24) is 4.98 Å². The molecule has 1 aromatic heterocycles. The van der Waals surface area contributed by atoms with Crippen LogP contribution in [0, 0.1) is 0 Å². The average molecular weight is 327 g/mol. The van der Waals surface area contributed by atoms with Crippen molar-refractivity contribution in [3.05, 3.63) is 58.8 Å². The molecule has 116 valence electrons. The molecule has 0 amide bonds. The van der Waals surface area contributed by atoms with E-state index in [1.165, 1.54) is 0 Å². The Labute approximate surface area is 138 Å². The Balaban J connectivity index is 0.00000156. The summed E-state index contributed by atoms with van der Waals surface area (Å²) < 4.78 is 5.99. The predicted octanol–water partition coefficient (Wildman–Crippen LogP) is 3.98. The zero-order chi connectivity index (χ0) is 15.3. The summed E-state index contributed by atoms with van der Waals surface area (Å²) in [5.41, 5.74) is 3.95. The molecule has 0 atom stereocenters. The quantitative estimate of drug-likeness (QED) is 0.392.